The maximum absolute atomic E-state index is 10.1. The van der Waals surface area contributed by atoms with Crippen LogP contribution in [0.3, 0.4) is 0 Å². The van der Waals surface area contributed by atoms with Crippen LogP contribution in [0, 0.1) is 0 Å². The van der Waals surface area contributed by atoms with Crippen molar-refractivity contribution in [2.24, 2.45) is 0 Å². The number of aliphatic hydroxyl groups is 7. The van der Waals surface area contributed by atoms with Gasteiger partial charge in [0.15, 0.2) is 6.29 Å². The van der Waals surface area contributed by atoms with Crippen LogP contribution in [0.2, 0.25) is 0 Å². The van der Waals surface area contributed by atoms with Crippen molar-refractivity contribution >= 4 is 11.6 Å². The highest BCUT2D eigenvalue weighted by molar-refractivity contribution is 6.18. The average Bonchev–Trinajstić information content (AvgIpc) is 2.80. The molecule has 0 aliphatic carbocycles. The number of aliphatic hydroxyl groups excluding tert-OH is 7. The van der Waals surface area contributed by atoms with E-state index < -0.39 is 68.0 Å². The van der Waals surface area contributed by atoms with Gasteiger partial charge in [-0.05, 0) is 0 Å². The molecule has 2 aliphatic rings. The molecule has 2 fully saturated rings. The largest absolute Gasteiger partial charge is 0.394 e. The Morgan fingerprint density at radius 3 is 2.09 bits per heavy atom. The molecule has 0 aromatic heterocycles. The number of hydrogen-bond donors (Lipinski definition) is 7. The molecule has 0 spiro atoms. The fraction of sp³-hybridized carbons (Fsp3) is 1.00. The fourth-order valence-corrected chi connectivity index (χ4v) is 2.92. The van der Waals surface area contributed by atoms with E-state index in [0.29, 0.717) is 0 Å². The Morgan fingerprint density at radius 2 is 1.61 bits per heavy atom. The molecule has 9 atom stereocenters. The van der Waals surface area contributed by atoms with Gasteiger partial charge in [0.2, 0.25) is 5.79 Å². The third kappa shape index (κ3) is 3.34. The van der Waals surface area contributed by atoms with Crippen LogP contribution >= 0.6 is 11.6 Å². The minimum atomic E-state index is -2.17. The van der Waals surface area contributed by atoms with Crippen molar-refractivity contribution < 1.29 is 50.0 Å². The normalized spacial score (nSPS) is 51.1. The summed E-state index contributed by atoms with van der Waals surface area (Å²) in [5, 5.41) is 68.1. The molecule has 0 saturated carbocycles. The molecule has 0 radical (unpaired) electrons. The van der Waals surface area contributed by atoms with Gasteiger partial charge in [-0.25, -0.2) is 0 Å². The van der Waals surface area contributed by atoms with Crippen molar-refractivity contribution in [3.8, 4) is 0 Å². The molecule has 0 bridgehead atoms. The Morgan fingerprint density at radius 1 is 0.957 bits per heavy atom. The van der Waals surface area contributed by atoms with Crippen LogP contribution in [-0.2, 0) is 14.2 Å². The Labute approximate surface area is 136 Å². The minimum Gasteiger partial charge on any atom is -0.394 e. The number of halogens is 1. The van der Waals surface area contributed by atoms with Crippen LogP contribution in [0.1, 0.15) is 0 Å². The van der Waals surface area contributed by atoms with Gasteiger partial charge in [-0.1, -0.05) is 0 Å². The molecule has 0 aromatic carbocycles. The van der Waals surface area contributed by atoms with Gasteiger partial charge in [0.05, 0.1) is 12.5 Å². The number of hydrogen-bond acceptors (Lipinski definition) is 10. The molecule has 10 nitrogen and oxygen atoms in total. The first-order valence-electron chi connectivity index (χ1n) is 7.00. The van der Waals surface area contributed by atoms with Crippen molar-refractivity contribution in [2.75, 3.05) is 19.1 Å². The smallest absolute Gasteiger partial charge is 0.222 e. The number of rotatable bonds is 5. The van der Waals surface area contributed by atoms with Gasteiger partial charge >= 0.3 is 0 Å². The van der Waals surface area contributed by atoms with Gasteiger partial charge in [-0.3, -0.25) is 0 Å². The number of ether oxygens (including phenoxy) is 3. The Kier molecular flexibility index (Phi) is 6.20. The van der Waals surface area contributed by atoms with E-state index in [2.05, 4.69) is 0 Å². The lowest BCUT2D eigenvalue weighted by Crippen LogP contribution is -2.63. The van der Waals surface area contributed by atoms with Gasteiger partial charge in [0.25, 0.3) is 0 Å². The van der Waals surface area contributed by atoms with Crippen molar-refractivity contribution in [1.29, 1.82) is 0 Å². The van der Waals surface area contributed by atoms with Gasteiger partial charge in [-0.15, -0.1) is 11.6 Å². The molecule has 0 aromatic rings. The van der Waals surface area contributed by atoms with Gasteiger partial charge < -0.3 is 50.0 Å². The molecule has 2 rings (SSSR count). The van der Waals surface area contributed by atoms with E-state index in [4.69, 9.17) is 30.9 Å². The molecule has 2 saturated heterocycles. The standard InChI is InChI=1S/C12H21ClO10/c13-1-4-7(17)10(19)12(3-15,22-4)23-9-8(18)6(16)5(2-14)21-11(9)20/h4-11,14-20H,1-3H2/t4-,5-,6-,7-,8+,9-,10+,11+,12+/m1/s1. The van der Waals surface area contributed by atoms with E-state index in [1.807, 2.05) is 0 Å². The summed E-state index contributed by atoms with van der Waals surface area (Å²) in [6, 6.07) is 0. The van der Waals surface area contributed by atoms with Gasteiger partial charge in [0.1, 0.15) is 49.3 Å². The summed E-state index contributed by atoms with van der Waals surface area (Å²) in [6.45, 7) is -1.58. The fourth-order valence-electron chi connectivity index (χ4n) is 2.68. The first-order chi connectivity index (χ1) is 10.8. The molecule has 23 heavy (non-hydrogen) atoms. The molecular weight excluding hydrogens is 340 g/mol. The van der Waals surface area contributed by atoms with Gasteiger partial charge in [0, 0.05) is 0 Å². The predicted octanol–water partition coefficient (Wildman–Crippen LogP) is -4.15. The third-order valence-electron chi connectivity index (χ3n) is 4.06. The topological polar surface area (TPSA) is 169 Å². The van der Waals surface area contributed by atoms with E-state index in [1.165, 1.54) is 0 Å². The lowest BCUT2D eigenvalue weighted by Gasteiger charge is -2.43. The third-order valence-corrected chi connectivity index (χ3v) is 4.36. The summed E-state index contributed by atoms with van der Waals surface area (Å²) in [7, 11) is 0. The second-order valence-corrected chi connectivity index (χ2v) is 5.84. The average molecular weight is 361 g/mol. The highest BCUT2D eigenvalue weighted by atomic mass is 35.5. The minimum absolute atomic E-state index is 0.204. The van der Waals surface area contributed by atoms with Crippen molar-refractivity contribution in [2.45, 2.75) is 54.8 Å². The zero-order chi connectivity index (χ0) is 17.4. The summed E-state index contributed by atoms with van der Waals surface area (Å²) in [6.07, 6.45) is -12.2. The van der Waals surface area contributed by atoms with E-state index in [0.717, 1.165) is 0 Å². The lowest BCUT2D eigenvalue weighted by molar-refractivity contribution is -0.364. The van der Waals surface area contributed by atoms with E-state index >= 15 is 0 Å². The Bertz CT molecular complexity index is 400. The summed E-state index contributed by atoms with van der Waals surface area (Å²) in [4.78, 5) is 0. The van der Waals surface area contributed by atoms with Crippen molar-refractivity contribution in [1.82, 2.24) is 0 Å². The predicted molar refractivity (Wildman–Crippen MR) is 72.3 cm³/mol. The molecule has 7 N–H and O–H groups in total. The van der Waals surface area contributed by atoms with Crippen LogP contribution < -0.4 is 0 Å². The first kappa shape index (κ1) is 19.2. The van der Waals surface area contributed by atoms with E-state index in [1.54, 1.807) is 0 Å². The van der Waals surface area contributed by atoms with E-state index in [9.17, 15) is 30.6 Å². The molecule has 11 heteroatoms. The SMILES string of the molecule is OC[C@H]1O[C@H](O)[C@H](O[C@]2(CO)O[C@H](CCl)[C@@H](O)[C@@H]2O)[C@@H](O)[C@@H]1O. The second kappa shape index (κ2) is 7.42. The Hall–Kier alpha value is -0.110. The maximum Gasteiger partial charge on any atom is 0.222 e. The molecular formula is C12H21ClO10. The van der Waals surface area contributed by atoms with Crippen molar-refractivity contribution in [3.63, 3.8) is 0 Å². The quantitative estimate of drug-likeness (QED) is 0.239. The van der Waals surface area contributed by atoms with Crippen LogP contribution in [-0.4, -0.2) is 110 Å². The molecule has 136 valence electrons. The zero-order valence-corrected chi connectivity index (χ0v) is 12.7. The maximum atomic E-state index is 10.1. The summed E-state index contributed by atoms with van der Waals surface area (Å²) in [5.74, 6) is -2.37. The van der Waals surface area contributed by atoms with Crippen LogP contribution in [0.4, 0.5) is 0 Å². The molecule has 0 amide bonds. The van der Waals surface area contributed by atoms with E-state index in [-0.39, 0.29) is 5.88 Å². The summed E-state index contributed by atoms with van der Waals surface area (Å²) < 4.78 is 15.4. The van der Waals surface area contributed by atoms with Crippen molar-refractivity contribution in [3.05, 3.63) is 0 Å². The van der Waals surface area contributed by atoms with Crippen LogP contribution in [0.5, 0.6) is 0 Å². The zero-order valence-electron chi connectivity index (χ0n) is 12.0. The monoisotopic (exact) mass is 360 g/mol. The second-order valence-electron chi connectivity index (χ2n) is 5.53. The Balaban J connectivity index is 2.18. The molecule has 2 aliphatic heterocycles. The lowest BCUT2D eigenvalue weighted by atomic mass is 9.98. The first-order valence-corrected chi connectivity index (χ1v) is 7.54. The molecule has 0 unspecified atom stereocenters. The highest BCUT2D eigenvalue weighted by Crippen LogP contribution is 2.36. The van der Waals surface area contributed by atoms with Crippen LogP contribution in [0.15, 0.2) is 0 Å². The number of alkyl halides is 1. The highest BCUT2D eigenvalue weighted by Gasteiger charge is 2.58. The molecule has 2 heterocycles. The van der Waals surface area contributed by atoms with Gasteiger partial charge in [-0.2, -0.15) is 0 Å². The summed E-state index contributed by atoms with van der Waals surface area (Å²) >= 11 is 5.59. The van der Waals surface area contributed by atoms with Crippen LogP contribution in [0.25, 0.3) is 0 Å². The summed E-state index contributed by atoms with van der Waals surface area (Å²) in [5.41, 5.74) is 0.